The smallest absolute Gasteiger partial charge is 0.138 e. The number of aromatic nitrogens is 5. The zero-order chi connectivity index (χ0) is 18.0. The molecule has 0 saturated carbocycles. The van der Waals surface area contributed by atoms with E-state index < -0.39 is 0 Å². The molecule has 4 heterocycles. The van der Waals surface area contributed by atoms with Crippen LogP contribution in [0.4, 0.5) is 5.82 Å². The lowest BCUT2D eigenvalue weighted by Crippen LogP contribution is -2.08. The zero-order valence-electron chi connectivity index (χ0n) is 14.7. The van der Waals surface area contributed by atoms with Crippen LogP contribution in [0.25, 0.3) is 38.7 Å². The van der Waals surface area contributed by atoms with Gasteiger partial charge in [-0.05, 0) is 61.1 Å². The number of anilines is 1. The van der Waals surface area contributed by atoms with Crippen LogP contribution >= 0.6 is 0 Å². The molecule has 0 unspecified atom stereocenters. The molecule has 0 fully saturated rings. The van der Waals surface area contributed by atoms with Gasteiger partial charge in [0.1, 0.15) is 11.5 Å². The summed E-state index contributed by atoms with van der Waals surface area (Å²) in [5.41, 5.74) is 13.9. The molecule has 0 radical (unpaired) electrons. The van der Waals surface area contributed by atoms with Crippen molar-refractivity contribution >= 4 is 33.3 Å². The van der Waals surface area contributed by atoms with Crippen molar-refractivity contribution in [2.45, 2.75) is 25.7 Å². The number of hydrogen-bond donors (Lipinski definition) is 2. The third kappa shape index (κ3) is 2.04. The van der Waals surface area contributed by atoms with Gasteiger partial charge in [0.05, 0.1) is 29.1 Å². The molecule has 0 amide bonds. The van der Waals surface area contributed by atoms with Gasteiger partial charge < -0.3 is 5.73 Å². The third-order valence-electron chi connectivity index (χ3n) is 5.70. The number of hydrogen-bond acceptors (Lipinski definition) is 4. The van der Waals surface area contributed by atoms with Gasteiger partial charge in [0, 0.05) is 22.5 Å². The Bertz CT molecular complexity index is 1340. The van der Waals surface area contributed by atoms with E-state index in [4.69, 9.17) is 10.7 Å². The van der Waals surface area contributed by atoms with Gasteiger partial charge in [0.2, 0.25) is 0 Å². The van der Waals surface area contributed by atoms with Crippen LogP contribution in [0.1, 0.15) is 24.0 Å². The number of nitrogens with zero attached hydrogens (tertiary/aromatic N) is 4. The van der Waals surface area contributed by atoms with Crippen LogP contribution in [0.15, 0.2) is 42.9 Å². The van der Waals surface area contributed by atoms with Crippen LogP contribution in [0, 0.1) is 0 Å². The molecule has 0 atom stereocenters. The summed E-state index contributed by atoms with van der Waals surface area (Å²) in [6, 6.07) is 8.26. The number of benzene rings is 1. The maximum Gasteiger partial charge on any atom is 0.138 e. The van der Waals surface area contributed by atoms with E-state index in [9.17, 15) is 0 Å². The number of fused-ring (bicyclic) bond motifs is 6. The van der Waals surface area contributed by atoms with Crippen LogP contribution in [0.3, 0.4) is 0 Å². The molecule has 132 valence electrons. The fourth-order valence-corrected chi connectivity index (χ4v) is 4.43. The van der Waals surface area contributed by atoms with Crippen LogP contribution in [-0.4, -0.2) is 24.6 Å². The summed E-state index contributed by atoms with van der Waals surface area (Å²) in [5.74, 6) is 0.640. The molecule has 6 heteroatoms. The summed E-state index contributed by atoms with van der Waals surface area (Å²) < 4.78 is 1.93. The van der Waals surface area contributed by atoms with E-state index in [2.05, 4.69) is 39.6 Å². The fourth-order valence-electron chi connectivity index (χ4n) is 4.43. The molecule has 0 saturated heterocycles. The topological polar surface area (TPSA) is 84.9 Å². The van der Waals surface area contributed by atoms with Gasteiger partial charge >= 0.3 is 0 Å². The normalized spacial score (nSPS) is 14.2. The molecule has 1 aromatic carbocycles. The van der Waals surface area contributed by atoms with Crippen LogP contribution in [0.5, 0.6) is 0 Å². The molecule has 6 nitrogen and oxygen atoms in total. The molecular weight excluding hydrogens is 336 g/mol. The molecule has 3 N–H and O–H groups in total. The summed E-state index contributed by atoms with van der Waals surface area (Å²) in [7, 11) is 0. The summed E-state index contributed by atoms with van der Waals surface area (Å²) >= 11 is 0. The number of nitrogen functional groups attached to an aromatic ring is 1. The first kappa shape index (κ1) is 14.7. The predicted octanol–water partition coefficient (Wildman–Crippen LogP) is 3.89. The number of H-pyrrole nitrogens is 1. The fraction of sp³-hybridized carbons (Fsp3) is 0.190. The largest absolute Gasteiger partial charge is 0.383 e. The third-order valence-corrected chi connectivity index (χ3v) is 5.70. The number of imidazole rings is 1. The molecule has 0 bridgehead atoms. The maximum absolute atomic E-state index is 6.07. The number of aryl methyl sites for hydroxylation is 1. The standard InChI is InChI=1S/C21H18N6/c22-18-10-23-19-8-5-12(11-27(18)19)21-14-4-2-1-3-13(14)20-15-9-24-26-16(15)6-7-17(20)25-21/h5-11H,1-4,22H2,(H,24,26). The number of aromatic amines is 1. The van der Waals surface area contributed by atoms with Crippen LogP contribution < -0.4 is 5.73 Å². The zero-order valence-corrected chi connectivity index (χ0v) is 14.7. The van der Waals surface area contributed by atoms with E-state index in [1.165, 1.54) is 34.7 Å². The molecule has 4 aromatic heterocycles. The van der Waals surface area contributed by atoms with Gasteiger partial charge in [-0.1, -0.05) is 0 Å². The molecular formula is C21H18N6. The maximum atomic E-state index is 6.07. The van der Waals surface area contributed by atoms with Gasteiger partial charge in [0.25, 0.3) is 0 Å². The Morgan fingerprint density at radius 2 is 1.89 bits per heavy atom. The second-order valence-electron chi connectivity index (χ2n) is 7.24. The first-order chi connectivity index (χ1) is 13.3. The van der Waals surface area contributed by atoms with Crippen molar-refractivity contribution in [3.05, 3.63) is 54.0 Å². The van der Waals surface area contributed by atoms with E-state index >= 15 is 0 Å². The van der Waals surface area contributed by atoms with E-state index in [1.54, 1.807) is 6.20 Å². The van der Waals surface area contributed by atoms with Crippen LogP contribution in [0.2, 0.25) is 0 Å². The first-order valence-electron chi connectivity index (χ1n) is 9.30. The van der Waals surface area contributed by atoms with E-state index in [-0.39, 0.29) is 0 Å². The first-order valence-corrected chi connectivity index (χ1v) is 9.30. The lowest BCUT2D eigenvalue weighted by atomic mass is 9.86. The molecule has 27 heavy (non-hydrogen) atoms. The average Bonchev–Trinajstić information content (AvgIpc) is 3.33. The highest BCUT2D eigenvalue weighted by Crippen LogP contribution is 2.37. The van der Waals surface area contributed by atoms with Crippen molar-refractivity contribution in [1.29, 1.82) is 0 Å². The molecule has 5 aromatic rings. The monoisotopic (exact) mass is 354 g/mol. The molecule has 1 aliphatic carbocycles. The second kappa shape index (κ2) is 5.30. The minimum Gasteiger partial charge on any atom is -0.383 e. The lowest BCUT2D eigenvalue weighted by Gasteiger charge is -2.22. The minimum atomic E-state index is 0.640. The number of rotatable bonds is 1. The van der Waals surface area contributed by atoms with Crippen molar-refractivity contribution in [2.75, 3.05) is 5.73 Å². The number of nitrogens with one attached hydrogen (secondary N) is 1. The van der Waals surface area contributed by atoms with Crippen LogP contribution in [-0.2, 0) is 12.8 Å². The Morgan fingerprint density at radius 3 is 2.81 bits per heavy atom. The Kier molecular flexibility index (Phi) is 2.89. The van der Waals surface area contributed by atoms with Gasteiger partial charge in [-0.2, -0.15) is 5.10 Å². The van der Waals surface area contributed by atoms with E-state index in [0.717, 1.165) is 40.8 Å². The minimum absolute atomic E-state index is 0.640. The van der Waals surface area contributed by atoms with Gasteiger partial charge in [-0.25, -0.2) is 9.97 Å². The highest BCUT2D eigenvalue weighted by molar-refractivity contribution is 6.07. The van der Waals surface area contributed by atoms with E-state index in [1.807, 2.05) is 16.7 Å². The summed E-state index contributed by atoms with van der Waals surface area (Å²) in [6.07, 6.45) is 10.2. The Labute approximate surface area is 155 Å². The van der Waals surface area contributed by atoms with Gasteiger partial charge in [0.15, 0.2) is 0 Å². The van der Waals surface area contributed by atoms with Gasteiger partial charge in [-0.3, -0.25) is 9.50 Å². The molecule has 6 rings (SSSR count). The van der Waals surface area contributed by atoms with Crippen molar-refractivity contribution < 1.29 is 0 Å². The quantitative estimate of drug-likeness (QED) is 0.478. The SMILES string of the molecule is Nc1cnc2ccc(-c3nc4ccc5[nH]ncc5c4c4c3CCCC4)cn12. The number of pyridine rings is 2. The Balaban J connectivity index is 1.71. The summed E-state index contributed by atoms with van der Waals surface area (Å²) in [5, 5.41) is 9.75. The van der Waals surface area contributed by atoms with Crippen molar-refractivity contribution in [2.24, 2.45) is 0 Å². The van der Waals surface area contributed by atoms with Crippen molar-refractivity contribution in [3.63, 3.8) is 0 Å². The van der Waals surface area contributed by atoms with Crippen molar-refractivity contribution in [3.8, 4) is 11.3 Å². The molecule has 0 aliphatic heterocycles. The lowest BCUT2D eigenvalue weighted by molar-refractivity contribution is 0.689. The Morgan fingerprint density at radius 1 is 1.00 bits per heavy atom. The van der Waals surface area contributed by atoms with Gasteiger partial charge in [-0.15, -0.1) is 0 Å². The van der Waals surface area contributed by atoms with Crippen molar-refractivity contribution in [1.82, 2.24) is 24.6 Å². The summed E-state index contributed by atoms with van der Waals surface area (Å²) in [6.45, 7) is 0. The average molecular weight is 354 g/mol. The predicted molar refractivity (Wildman–Crippen MR) is 107 cm³/mol. The Hall–Kier alpha value is -3.41. The summed E-state index contributed by atoms with van der Waals surface area (Å²) in [4.78, 5) is 9.42. The highest BCUT2D eigenvalue weighted by atomic mass is 15.1. The molecule has 0 spiro atoms. The highest BCUT2D eigenvalue weighted by Gasteiger charge is 2.21. The molecule has 1 aliphatic rings. The number of nitrogens with two attached hydrogens (primary N) is 1. The van der Waals surface area contributed by atoms with E-state index in [0.29, 0.717) is 5.82 Å². The second-order valence-corrected chi connectivity index (χ2v) is 7.24.